The number of nitrogens with one attached hydrogen (secondary N) is 2. The molecule has 4 rings (SSSR count). The number of carbonyl (C=O) groups is 1. The Balaban J connectivity index is 1.49. The molecule has 30 heavy (non-hydrogen) atoms. The van der Waals surface area contributed by atoms with Gasteiger partial charge in [-0.25, -0.2) is 4.98 Å². The molecule has 1 aliphatic rings. The lowest BCUT2D eigenvalue weighted by Crippen LogP contribution is -2.26. The third-order valence-corrected chi connectivity index (χ3v) is 7.27. The van der Waals surface area contributed by atoms with E-state index in [4.69, 9.17) is 4.98 Å². The predicted molar refractivity (Wildman–Crippen MR) is 123 cm³/mol. The number of anilines is 1. The van der Waals surface area contributed by atoms with Crippen LogP contribution in [0, 0.1) is 18.3 Å². The molecule has 5 nitrogen and oxygen atoms in total. The Bertz CT molecular complexity index is 1140. The fourth-order valence-corrected chi connectivity index (χ4v) is 5.50. The van der Waals surface area contributed by atoms with Crippen molar-refractivity contribution in [3.63, 3.8) is 0 Å². The molecule has 0 aliphatic heterocycles. The van der Waals surface area contributed by atoms with Crippen LogP contribution in [-0.4, -0.2) is 15.9 Å². The molecule has 2 aromatic heterocycles. The van der Waals surface area contributed by atoms with Gasteiger partial charge in [0.05, 0.1) is 5.39 Å². The Labute approximate surface area is 180 Å². The van der Waals surface area contributed by atoms with Crippen molar-refractivity contribution in [2.24, 2.45) is 11.3 Å². The molecule has 2 N–H and O–H groups in total. The van der Waals surface area contributed by atoms with Crippen LogP contribution in [0.1, 0.15) is 55.4 Å². The summed E-state index contributed by atoms with van der Waals surface area (Å²) in [6, 6.07) is 7.71. The zero-order chi connectivity index (χ0) is 21.5. The molecule has 3 aromatic rings. The largest absolute Gasteiger partial charge is 0.326 e. The molecule has 2 heterocycles. The third-order valence-electron chi connectivity index (χ3n) is 6.12. The summed E-state index contributed by atoms with van der Waals surface area (Å²) in [7, 11) is 0. The fourth-order valence-electron chi connectivity index (χ4n) is 4.18. The van der Waals surface area contributed by atoms with Crippen molar-refractivity contribution < 1.29 is 4.79 Å². The molecule has 1 atom stereocenters. The normalized spacial score (nSPS) is 16.5. The van der Waals surface area contributed by atoms with Crippen molar-refractivity contribution in [3.8, 4) is 0 Å². The van der Waals surface area contributed by atoms with E-state index in [1.54, 1.807) is 11.3 Å². The minimum Gasteiger partial charge on any atom is -0.326 e. The van der Waals surface area contributed by atoms with Crippen LogP contribution < -0.4 is 10.9 Å². The van der Waals surface area contributed by atoms with Gasteiger partial charge in [-0.3, -0.25) is 9.59 Å². The molecule has 0 unspecified atom stereocenters. The van der Waals surface area contributed by atoms with Crippen LogP contribution in [0.5, 0.6) is 0 Å². The van der Waals surface area contributed by atoms with Crippen molar-refractivity contribution >= 4 is 33.1 Å². The zero-order valence-electron chi connectivity index (χ0n) is 18.1. The SMILES string of the molecule is Cc1ccc(NC(=O)CCc2nc3sc4c(c3c(=O)[nH]2)CC[C@H](C(C)(C)C)C4)cc1. The summed E-state index contributed by atoms with van der Waals surface area (Å²) in [4.78, 5) is 34.8. The van der Waals surface area contributed by atoms with Crippen LogP contribution >= 0.6 is 11.3 Å². The van der Waals surface area contributed by atoms with Gasteiger partial charge < -0.3 is 10.3 Å². The number of thiophene rings is 1. The summed E-state index contributed by atoms with van der Waals surface area (Å²) in [5.74, 6) is 1.12. The Kier molecular flexibility index (Phi) is 5.53. The first-order chi connectivity index (χ1) is 14.2. The van der Waals surface area contributed by atoms with Gasteiger partial charge in [-0.05, 0) is 55.2 Å². The van der Waals surface area contributed by atoms with E-state index in [0.717, 1.165) is 40.7 Å². The van der Waals surface area contributed by atoms with Gasteiger partial charge >= 0.3 is 0 Å². The first kappa shape index (κ1) is 20.8. The summed E-state index contributed by atoms with van der Waals surface area (Å²) in [5.41, 5.74) is 3.31. The smallest absolute Gasteiger partial charge is 0.259 e. The van der Waals surface area contributed by atoms with Crippen LogP contribution in [0.3, 0.4) is 0 Å². The van der Waals surface area contributed by atoms with Gasteiger partial charge in [-0.1, -0.05) is 38.5 Å². The molecule has 0 radical (unpaired) electrons. The van der Waals surface area contributed by atoms with Crippen molar-refractivity contribution in [1.29, 1.82) is 0 Å². The number of amides is 1. The fraction of sp³-hybridized carbons (Fsp3) is 0.458. The molecule has 0 bridgehead atoms. The summed E-state index contributed by atoms with van der Waals surface area (Å²) in [6.45, 7) is 8.89. The number of carbonyl (C=O) groups excluding carboxylic acids is 1. The Hall–Kier alpha value is -2.47. The van der Waals surface area contributed by atoms with Gasteiger partial charge in [0, 0.05) is 23.4 Å². The van der Waals surface area contributed by atoms with Crippen molar-refractivity contribution in [3.05, 3.63) is 56.4 Å². The highest BCUT2D eigenvalue weighted by Gasteiger charge is 2.31. The average molecular weight is 424 g/mol. The number of H-pyrrole nitrogens is 1. The lowest BCUT2D eigenvalue weighted by molar-refractivity contribution is -0.116. The van der Waals surface area contributed by atoms with Gasteiger partial charge in [-0.15, -0.1) is 11.3 Å². The maximum absolute atomic E-state index is 12.8. The van der Waals surface area contributed by atoms with Gasteiger partial charge in [0.2, 0.25) is 5.91 Å². The lowest BCUT2D eigenvalue weighted by Gasteiger charge is -2.33. The predicted octanol–water partition coefficient (Wildman–Crippen LogP) is 5.02. The second-order valence-electron chi connectivity index (χ2n) is 9.42. The second-order valence-corrected chi connectivity index (χ2v) is 10.5. The van der Waals surface area contributed by atoms with E-state index in [1.165, 1.54) is 10.4 Å². The van der Waals surface area contributed by atoms with E-state index in [9.17, 15) is 9.59 Å². The number of hydrogen-bond acceptors (Lipinski definition) is 4. The Morgan fingerprint density at radius 2 is 2.00 bits per heavy atom. The van der Waals surface area contributed by atoms with E-state index >= 15 is 0 Å². The summed E-state index contributed by atoms with van der Waals surface area (Å²) in [5, 5.41) is 3.65. The molecule has 0 spiro atoms. The van der Waals surface area contributed by atoms with Crippen LogP contribution in [0.2, 0.25) is 0 Å². The maximum atomic E-state index is 12.8. The number of fused-ring (bicyclic) bond motifs is 3. The Morgan fingerprint density at radius 3 is 2.70 bits per heavy atom. The third kappa shape index (κ3) is 4.33. The number of aromatic amines is 1. The lowest BCUT2D eigenvalue weighted by atomic mass is 9.72. The molecule has 158 valence electrons. The van der Waals surface area contributed by atoms with Gasteiger partial charge in [0.15, 0.2) is 0 Å². The molecule has 1 aliphatic carbocycles. The summed E-state index contributed by atoms with van der Waals surface area (Å²) >= 11 is 1.65. The second kappa shape index (κ2) is 7.99. The Morgan fingerprint density at radius 1 is 1.27 bits per heavy atom. The molecule has 1 amide bonds. The van der Waals surface area contributed by atoms with Crippen LogP contribution in [0.25, 0.3) is 10.2 Å². The van der Waals surface area contributed by atoms with Crippen molar-refractivity contribution in [1.82, 2.24) is 9.97 Å². The quantitative estimate of drug-likeness (QED) is 0.619. The highest BCUT2D eigenvalue weighted by atomic mass is 32.1. The van der Waals surface area contributed by atoms with Gasteiger partial charge in [0.25, 0.3) is 5.56 Å². The average Bonchev–Trinajstić information content (AvgIpc) is 3.05. The number of aromatic nitrogens is 2. The molecule has 6 heteroatoms. The van der Waals surface area contributed by atoms with Crippen LogP contribution in [0.4, 0.5) is 5.69 Å². The van der Waals surface area contributed by atoms with Gasteiger partial charge in [-0.2, -0.15) is 0 Å². The van der Waals surface area contributed by atoms with E-state index < -0.39 is 0 Å². The topological polar surface area (TPSA) is 74.8 Å². The monoisotopic (exact) mass is 423 g/mol. The number of nitrogens with zero attached hydrogens (tertiary/aromatic N) is 1. The minimum absolute atomic E-state index is 0.0688. The zero-order valence-corrected chi connectivity index (χ0v) is 18.9. The van der Waals surface area contributed by atoms with Crippen LogP contribution in [0.15, 0.2) is 29.1 Å². The molecular formula is C24H29N3O2S. The standard InChI is InChI=1S/C24H29N3O2S/c1-14-5-8-16(9-6-14)25-20(28)12-11-19-26-22(29)21-17-10-7-15(24(2,3)4)13-18(17)30-23(21)27-19/h5-6,8-9,15H,7,10-13H2,1-4H3,(H,25,28)(H,26,27,29)/t15-/m0/s1. The maximum Gasteiger partial charge on any atom is 0.259 e. The first-order valence-electron chi connectivity index (χ1n) is 10.6. The van der Waals surface area contributed by atoms with Crippen LogP contribution in [-0.2, 0) is 24.1 Å². The van der Waals surface area contributed by atoms with E-state index in [2.05, 4.69) is 31.1 Å². The highest BCUT2D eigenvalue weighted by Crippen LogP contribution is 2.41. The number of aryl methyl sites for hydroxylation is 3. The first-order valence-corrected chi connectivity index (χ1v) is 11.4. The molecule has 0 fully saturated rings. The van der Waals surface area contributed by atoms with E-state index in [-0.39, 0.29) is 23.3 Å². The van der Waals surface area contributed by atoms with Crippen molar-refractivity contribution in [2.45, 2.75) is 59.8 Å². The minimum atomic E-state index is -0.0832. The summed E-state index contributed by atoms with van der Waals surface area (Å²) in [6.07, 6.45) is 3.77. The molecule has 1 aromatic carbocycles. The van der Waals surface area contributed by atoms with E-state index in [1.807, 2.05) is 31.2 Å². The van der Waals surface area contributed by atoms with Crippen molar-refractivity contribution in [2.75, 3.05) is 5.32 Å². The molecule has 0 saturated carbocycles. The van der Waals surface area contributed by atoms with E-state index in [0.29, 0.717) is 18.2 Å². The number of benzene rings is 1. The molecule has 0 saturated heterocycles. The molecular weight excluding hydrogens is 394 g/mol. The highest BCUT2D eigenvalue weighted by molar-refractivity contribution is 7.18. The number of rotatable bonds is 4. The van der Waals surface area contributed by atoms with Gasteiger partial charge in [0.1, 0.15) is 10.7 Å². The number of hydrogen-bond donors (Lipinski definition) is 2. The summed E-state index contributed by atoms with van der Waals surface area (Å²) < 4.78 is 0.